The average molecular weight is 413 g/mol. The van der Waals surface area contributed by atoms with Crippen LogP contribution in [0.5, 0.6) is 5.75 Å². The Hall–Kier alpha value is -2.27. The molecule has 134 valence electrons. The van der Waals surface area contributed by atoms with Gasteiger partial charge in [-0.15, -0.1) is 0 Å². The highest BCUT2D eigenvalue weighted by molar-refractivity contribution is 9.10. The number of carbonyl (C=O) groups excluding carboxylic acids is 1. The third kappa shape index (κ3) is 3.78. The molecule has 1 aliphatic heterocycles. The Morgan fingerprint density at radius 1 is 1.15 bits per heavy atom. The number of nitrogens with one attached hydrogen (secondary N) is 2. The van der Waals surface area contributed by atoms with Crippen LogP contribution in [0.25, 0.3) is 0 Å². The van der Waals surface area contributed by atoms with E-state index in [2.05, 4.69) is 44.8 Å². The van der Waals surface area contributed by atoms with Crippen molar-refractivity contribution in [2.75, 3.05) is 17.2 Å². The highest BCUT2D eigenvalue weighted by Gasteiger charge is 2.34. The van der Waals surface area contributed by atoms with Crippen LogP contribution in [0.2, 0.25) is 0 Å². The van der Waals surface area contributed by atoms with Crippen molar-refractivity contribution in [2.45, 2.75) is 25.7 Å². The fraction of sp³-hybridized carbons (Fsp3) is 0.286. The number of urea groups is 1. The zero-order chi connectivity index (χ0) is 18.1. The molecule has 2 N–H and O–H groups in total. The van der Waals surface area contributed by atoms with E-state index in [9.17, 15) is 4.79 Å². The lowest BCUT2D eigenvalue weighted by molar-refractivity contribution is 0.262. The largest absolute Gasteiger partial charge is 0.487 e. The summed E-state index contributed by atoms with van der Waals surface area (Å²) in [7, 11) is 0. The molecule has 0 bridgehead atoms. The van der Waals surface area contributed by atoms with Gasteiger partial charge in [-0.1, -0.05) is 45.8 Å². The number of anilines is 2. The Balaban J connectivity index is 1.58. The lowest BCUT2D eigenvalue weighted by Gasteiger charge is -2.19. The third-order valence-corrected chi connectivity index (χ3v) is 5.25. The predicted octanol–water partition coefficient (Wildman–Crippen LogP) is 5.84. The lowest BCUT2D eigenvalue weighted by Crippen LogP contribution is -2.20. The molecule has 1 heterocycles. The zero-order valence-corrected chi connectivity index (χ0v) is 16.2. The minimum absolute atomic E-state index is 0.280. The summed E-state index contributed by atoms with van der Waals surface area (Å²) in [5.74, 6) is 1.80. The normalized spacial score (nSPS) is 18.5. The summed E-state index contributed by atoms with van der Waals surface area (Å²) in [5.41, 5.74) is 3.74. The quantitative estimate of drug-likeness (QED) is 0.621. The lowest BCUT2D eigenvalue weighted by atomic mass is 9.93. The van der Waals surface area contributed by atoms with Crippen molar-refractivity contribution >= 4 is 33.3 Å². The Bertz CT molecular complexity index is 857. The first-order valence-corrected chi connectivity index (χ1v) is 9.67. The highest BCUT2D eigenvalue weighted by Crippen LogP contribution is 2.49. The summed E-state index contributed by atoms with van der Waals surface area (Å²) in [6.07, 6.45) is 6.81. The van der Waals surface area contributed by atoms with Gasteiger partial charge in [-0.2, -0.15) is 0 Å². The van der Waals surface area contributed by atoms with Crippen molar-refractivity contribution in [2.24, 2.45) is 5.92 Å². The van der Waals surface area contributed by atoms with E-state index in [4.69, 9.17) is 4.74 Å². The highest BCUT2D eigenvalue weighted by atomic mass is 79.9. The van der Waals surface area contributed by atoms with Crippen LogP contribution in [0.1, 0.15) is 29.9 Å². The van der Waals surface area contributed by atoms with Crippen LogP contribution in [-0.2, 0) is 0 Å². The molecule has 1 atom stereocenters. The zero-order valence-electron chi connectivity index (χ0n) is 14.6. The summed E-state index contributed by atoms with van der Waals surface area (Å²) < 4.78 is 6.90. The smallest absolute Gasteiger partial charge is 0.323 e. The SMILES string of the molecule is Cc1ccc(NC(=O)Nc2cc(Br)cc3c2OCC=CC3C2CC2)cc1. The predicted molar refractivity (Wildman–Crippen MR) is 108 cm³/mol. The molecule has 1 fully saturated rings. The van der Waals surface area contributed by atoms with Crippen molar-refractivity contribution < 1.29 is 9.53 Å². The fourth-order valence-corrected chi connectivity index (χ4v) is 3.82. The second-order valence-corrected chi connectivity index (χ2v) is 7.83. The number of ether oxygens (including phenoxy) is 1. The summed E-state index contributed by atoms with van der Waals surface area (Å²) in [6, 6.07) is 11.4. The van der Waals surface area contributed by atoms with Gasteiger partial charge in [-0.25, -0.2) is 4.79 Å². The molecule has 0 radical (unpaired) electrons. The van der Waals surface area contributed by atoms with Crippen molar-refractivity contribution in [1.82, 2.24) is 0 Å². The molecule has 2 amide bonds. The number of allylic oxidation sites excluding steroid dienone is 1. The monoisotopic (exact) mass is 412 g/mol. The maximum Gasteiger partial charge on any atom is 0.323 e. The standard InChI is InChI=1S/C21H21BrN2O2/c1-13-4-8-16(9-5-13)23-21(25)24-19-12-15(22)11-18-17(14-6-7-14)3-2-10-26-20(18)19/h2-5,8-9,11-12,14,17H,6-7,10H2,1H3,(H2,23,24,25). The second-order valence-electron chi connectivity index (χ2n) is 6.92. The van der Waals surface area contributed by atoms with E-state index in [0.717, 1.165) is 27.0 Å². The number of hydrogen-bond donors (Lipinski definition) is 2. The van der Waals surface area contributed by atoms with Gasteiger partial charge in [0.2, 0.25) is 0 Å². The Kier molecular flexibility index (Phi) is 4.72. The number of halogens is 1. The number of amides is 2. The third-order valence-electron chi connectivity index (χ3n) is 4.80. The average Bonchev–Trinajstić information content (AvgIpc) is 3.43. The summed E-state index contributed by atoms with van der Waals surface area (Å²) >= 11 is 3.58. The number of fused-ring (bicyclic) bond motifs is 1. The van der Waals surface area contributed by atoms with Gasteiger partial charge in [0.1, 0.15) is 12.4 Å². The van der Waals surface area contributed by atoms with Crippen LogP contribution in [0.4, 0.5) is 16.2 Å². The first kappa shape index (κ1) is 17.2. The molecule has 2 aromatic rings. The van der Waals surface area contributed by atoms with Gasteiger partial charge in [0, 0.05) is 21.6 Å². The van der Waals surface area contributed by atoms with Crippen LogP contribution in [0.15, 0.2) is 53.0 Å². The summed E-state index contributed by atoms with van der Waals surface area (Å²) in [6.45, 7) is 2.54. The topological polar surface area (TPSA) is 50.4 Å². The molecule has 0 spiro atoms. The number of benzene rings is 2. The molecule has 2 aliphatic rings. The molecule has 5 heteroatoms. The van der Waals surface area contributed by atoms with E-state index < -0.39 is 0 Å². The minimum Gasteiger partial charge on any atom is -0.487 e. The Morgan fingerprint density at radius 3 is 2.65 bits per heavy atom. The molecular formula is C21H21BrN2O2. The maximum absolute atomic E-state index is 12.5. The molecular weight excluding hydrogens is 392 g/mol. The van der Waals surface area contributed by atoms with Crippen LogP contribution in [0, 0.1) is 12.8 Å². The van der Waals surface area contributed by atoms with E-state index in [1.54, 1.807) is 0 Å². The van der Waals surface area contributed by atoms with Gasteiger partial charge < -0.3 is 15.4 Å². The van der Waals surface area contributed by atoms with Gasteiger partial charge >= 0.3 is 6.03 Å². The Labute approximate surface area is 161 Å². The van der Waals surface area contributed by atoms with Crippen LogP contribution in [0.3, 0.4) is 0 Å². The molecule has 4 nitrogen and oxygen atoms in total. The van der Waals surface area contributed by atoms with Crippen molar-refractivity contribution in [3.8, 4) is 5.75 Å². The molecule has 0 aromatic heterocycles. The van der Waals surface area contributed by atoms with Crippen LogP contribution < -0.4 is 15.4 Å². The van der Waals surface area contributed by atoms with Gasteiger partial charge in [0.15, 0.2) is 0 Å². The molecule has 1 aliphatic carbocycles. The fourth-order valence-electron chi connectivity index (χ4n) is 3.34. The maximum atomic E-state index is 12.5. The van der Waals surface area contributed by atoms with E-state index in [1.807, 2.05) is 37.3 Å². The van der Waals surface area contributed by atoms with Crippen molar-refractivity contribution in [1.29, 1.82) is 0 Å². The van der Waals surface area contributed by atoms with Crippen molar-refractivity contribution in [3.05, 3.63) is 64.1 Å². The van der Waals surface area contributed by atoms with Crippen molar-refractivity contribution in [3.63, 3.8) is 0 Å². The number of carbonyl (C=O) groups is 1. The van der Waals surface area contributed by atoms with Gasteiger partial charge in [0.05, 0.1) is 5.69 Å². The molecule has 0 saturated heterocycles. The molecule has 4 rings (SSSR count). The summed E-state index contributed by atoms with van der Waals surface area (Å²) in [5, 5.41) is 5.82. The van der Waals surface area contributed by atoms with E-state index in [-0.39, 0.29) is 6.03 Å². The summed E-state index contributed by atoms with van der Waals surface area (Å²) in [4.78, 5) is 12.5. The number of hydrogen-bond acceptors (Lipinski definition) is 2. The first-order valence-electron chi connectivity index (χ1n) is 8.88. The number of aryl methyl sites for hydroxylation is 1. The van der Waals surface area contributed by atoms with E-state index >= 15 is 0 Å². The molecule has 26 heavy (non-hydrogen) atoms. The molecule has 1 unspecified atom stereocenters. The van der Waals surface area contributed by atoms with Gasteiger partial charge in [-0.05, 0) is 49.9 Å². The molecule has 2 aromatic carbocycles. The van der Waals surface area contributed by atoms with Gasteiger partial charge in [-0.3, -0.25) is 0 Å². The number of rotatable bonds is 3. The molecule has 1 saturated carbocycles. The first-order chi connectivity index (χ1) is 12.6. The minimum atomic E-state index is -0.280. The van der Waals surface area contributed by atoms with Crippen LogP contribution >= 0.6 is 15.9 Å². The second kappa shape index (κ2) is 7.16. The van der Waals surface area contributed by atoms with Gasteiger partial charge in [0.25, 0.3) is 0 Å². The Morgan fingerprint density at radius 2 is 1.92 bits per heavy atom. The van der Waals surface area contributed by atoms with E-state index in [1.165, 1.54) is 12.8 Å². The van der Waals surface area contributed by atoms with Crippen LogP contribution in [-0.4, -0.2) is 12.6 Å². The van der Waals surface area contributed by atoms with E-state index in [0.29, 0.717) is 24.1 Å².